The Morgan fingerprint density at radius 1 is 1.04 bits per heavy atom. The molecule has 0 spiro atoms. The molecule has 136 valence electrons. The molecule has 4 aromatic rings. The number of H-pyrrole nitrogens is 1. The van der Waals surface area contributed by atoms with Gasteiger partial charge in [-0.3, -0.25) is 9.78 Å². The van der Waals surface area contributed by atoms with E-state index < -0.39 is 0 Å². The molecule has 27 heavy (non-hydrogen) atoms. The van der Waals surface area contributed by atoms with Crippen LogP contribution in [0.15, 0.2) is 54.7 Å². The first-order chi connectivity index (χ1) is 13.1. The Balaban J connectivity index is 1.43. The minimum absolute atomic E-state index is 0.0399. The molecule has 4 rings (SSSR count). The Kier molecular flexibility index (Phi) is 4.63. The molecule has 0 radical (unpaired) electrons. The van der Waals surface area contributed by atoms with Gasteiger partial charge in [0.15, 0.2) is 0 Å². The van der Waals surface area contributed by atoms with Gasteiger partial charge in [-0.15, -0.1) is 0 Å². The Hall–Kier alpha value is -3.14. The summed E-state index contributed by atoms with van der Waals surface area (Å²) < 4.78 is 0. The summed E-state index contributed by atoms with van der Waals surface area (Å²) in [6.45, 7) is 4.68. The van der Waals surface area contributed by atoms with Crippen LogP contribution in [-0.2, 0) is 17.6 Å². The molecule has 4 heteroatoms. The van der Waals surface area contributed by atoms with E-state index in [-0.39, 0.29) is 5.91 Å². The van der Waals surface area contributed by atoms with Crippen LogP contribution in [0.25, 0.3) is 21.8 Å². The number of hydrogen-bond acceptors (Lipinski definition) is 2. The second-order valence-corrected chi connectivity index (χ2v) is 6.95. The quantitative estimate of drug-likeness (QED) is 0.561. The van der Waals surface area contributed by atoms with Crippen molar-refractivity contribution in [2.24, 2.45) is 0 Å². The normalized spacial score (nSPS) is 11.2. The van der Waals surface area contributed by atoms with Crippen molar-refractivity contribution in [2.75, 3.05) is 6.54 Å². The second kappa shape index (κ2) is 7.23. The molecule has 2 N–H and O–H groups in total. The van der Waals surface area contributed by atoms with Crippen LogP contribution in [0.4, 0.5) is 0 Å². The fraction of sp³-hybridized carbons (Fsp3) is 0.217. The van der Waals surface area contributed by atoms with Gasteiger partial charge in [0.1, 0.15) is 0 Å². The Morgan fingerprint density at radius 2 is 1.78 bits per heavy atom. The maximum atomic E-state index is 12.5. The van der Waals surface area contributed by atoms with Gasteiger partial charge in [0.25, 0.3) is 0 Å². The predicted molar refractivity (Wildman–Crippen MR) is 110 cm³/mol. The van der Waals surface area contributed by atoms with Crippen molar-refractivity contribution in [1.82, 2.24) is 15.3 Å². The Morgan fingerprint density at radius 3 is 2.63 bits per heavy atom. The van der Waals surface area contributed by atoms with Gasteiger partial charge in [0.05, 0.1) is 11.9 Å². The molecule has 0 saturated carbocycles. The SMILES string of the molecule is Cc1nc2ccccc2c(C)c1CC(=O)NCCc1c[nH]c2ccccc12. The number of hydrogen-bond donors (Lipinski definition) is 2. The summed E-state index contributed by atoms with van der Waals surface area (Å²) in [5, 5.41) is 5.39. The molecule has 0 fully saturated rings. The third-order valence-electron chi connectivity index (χ3n) is 5.21. The van der Waals surface area contributed by atoms with Crippen LogP contribution in [0.1, 0.15) is 22.4 Å². The van der Waals surface area contributed by atoms with Crippen LogP contribution < -0.4 is 5.32 Å². The Labute approximate surface area is 158 Å². The van der Waals surface area contributed by atoms with Gasteiger partial charge >= 0.3 is 0 Å². The van der Waals surface area contributed by atoms with E-state index in [1.54, 1.807) is 0 Å². The van der Waals surface area contributed by atoms with Gasteiger partial charge in [0.2, 0.25) is 5.91 Å². The molecule has 0 aliphatic heterocycles. The summed E-state index contributed by atoms with van der Waals surface area (Å²) in [6, 6.07) is 16.3. The number of rotatable bonds is 5. The highest BCUT2D eigenvalue weighted by molar-refractivity contribution is 5.86. The fourth-order valence-corrected chi connectivity index (χ4v) is 3.73. The number of para-hydroxylation sites is 2. The van der Waals surface area contributed by atoms with E-state index in [1.165, 1.54) is 10.9 Å². The molecule has 4 nitrogen and oxygen atoms in total. The molecule has 2 heterocycles. The van der Waals surface area contributed by atoms with E-state index in [0.29, 0.717) is 13.0 Å². The average Bonchev–Trinajstić information content (AvgIpc) is 3.08. The molecular formula is C23H23N3O. The zero-order valence-corrected chi connectivity index (χ0v) is 15.7. The van der Waals surface area contributed by atoms with Crippen molar-refractivity contribution in [3.8, 4) is 0 Å². The lowest BCUT2D eigenvalue weighted by Crippen LogP contribution is -2.27. The summed E-state index contributed by atoms with van der Waals surface area (Å²) in [4.78, 5) is 20.4. The van der Waals surface area contributed by atoms with Crippen LogP contribution in [0, 0.1) is 13.8 Å². The molecule has 0 atom stereocenters. The van der Waals surface area contributed by atoms with Crippen LogP contribution in [-0.4, -0.2) is 22.4 Å². The average molecular weight is 357 g/mol. The minimum Gasteiger partial charge on any atom is -0.361 e. The maximum absolute atomic E-state index is 12.5. The number of aromatic amines is 1. The highest BCUT2D eigenvalue weighted by Gasteiger charge is 2.13. The van der Waals surface area contributed by atoms with Crippen molar-refractivity contribution in [2.45, 2.75) is 26.7 Å². The zero-order valence-electron chi connectivity index (χ0n) is 15.7. The van der Waals surface area contributed by atoms with Gasteiger partial charge in [0, 0.05) is 34.7 Å². The monoisotopic (exact) mass is 357 g/mol. The number of fused-ring (bicyclic) bond motifs is 2. The van der Waals surface area contributed by atoms with Gasteiger partial charge in [-0.1, -0.05) is 36.4 Å². The van der Waals surface area contributed by atoms with E-state index in [2.05, 4.69) is 40.4 Å². The van der Waals surface area contributed by atoms with Crippen molar-refractivity contribution < 1.29 is 4.79 Å². The standard InChI is InChI=1S/C23H23N3O/c1-15-18-7-3-6-10-22(18)26-16(2)20(15)13-23(27)24-12-11-17-14-25-21-9-5-4-8-19(17)21/h3-10,14,25H,11-13H2,1-2H3,(H,24,27). The van der Waals surface area contributed by atoms with E-state index in [4.69, 9.17) is 0 Å². The second-order valence-electron chi connectivity index (χ2n) is 6.95. The highest BCUT2D eigenvalue weighted by Crippen LogP contribution is 2.23. The summed E-state index contributed by atoms with van der Waals surface area (Å²) >= 11 is 0. The molecule has 2 aromatic heterocycles. The first-order valence-electron chi connectivity index (χ1n) is 9.30. The largest absolute Gasteiger partial charge is 0.361 e. The molecule has 0 unspecified atom stereocenters. The van der Waals surface area contributed by atoms with Gasteiger partial charge in [-0.2, -0.15) is 0 Å². The maximum Gasteiger partial charge on any atom is 0.224 e. The first kappa shape index (κ1) is 17.3. The molecule has 2 aromatic carbocycles. The molecule has 0 bridgehead atoms. The van der Waals surface area contributed by atoms with Crippen LogP contribution >= 0.6 is 0 Å². The highest BCUT2D eigenvalue weighted by atomic mass is 16.1. The van der Waals surface area contributed by atoms with Gasteiger partial charge in [-0.25, -0.2) is 0 Å². The predicted octanol–water partition coefficient (Wildman–Crippen LogP) is 4.23. The zero-order chi connectivity index (χ0) is 18.8. The van der Waals surface area contributed by atoms with Crippen molar-refractivity contribution >= 4 is 27.7 Å². The molecule has 1 amide bonds. The first-order valence-corrected chi connectivity index (χ1v) is 9.30. The smallest absolute Gasteiger partial charge is 0.224 e. The topological polar surface area (TPSA) is 57.8 Å². The number of carbonyl (C=O) groups is 1. The minimum atomic E-state index is 0.0399. The van der Waals surface area contributed by atoms with E-state index in [0.717, 1.165) is 39.7 Å². The molecule has 0 saturated heterocycles. The lowest BCUT2D eigenvalue weighted by Gasteiger charge is -2.12. The summed E-state index contributed by atoms with van der Waals surface area (Å²) in [5.74, 6) is 0.0399. The number of nitrogens with one attached hydrogen (secondary N) is 2. The van der Waals surface area contributed by atoms with Crippen molar-refractivity contribution in [1.29, 1.82) is 0 Å². The van der Waals surface area contributed by atoms with Crippen molar-refractivity contribution in [3.63, 3.8) is 0 Å². The number of benzene rings is 2. The third-order valence-corrected chi connectivity index (χ3v) is 5.21. The number of pyridine rings is 1. The molecule has 0 aliphatic carbocycles. The lowest BCUT2D eigenvalue weighted by atomic mass is 9.99. The lowest BCUT2D eigenvalue weighted by molar-refractivity contribution is -0.120. The van der Waals surface area contributed by atoms with Crippen molar-refractivity contribution in [3.05, 3.63) is 77.1 Å². The molecular weight excluding hydrogens is 334 g/mol. The van der Waals surface area contributed by atoms with Crippen LogP contribution in [0.2, 0.25) is 0 Å². The number of aryl methyl sites for hydroxylation is 2. The fourth-order valence-electron chi connectivity index (χ4n) is 3.73. The Bertz CT molecular complexity index is 1130. The number of carbonyl (C=O) groups excluding carboxylic acids is 1. The van der Waals surface area contributed by atoms with E-state index in [1.807, 2.05) is 43.5 Å². The van der Waals surface area contributed by atoms with E-state index in [9.17, 15) is 4.79 Å². The van der Waals surface area contributed by atoms with Gasteiger partial charge < -0.3 is 10.3 Å². The van der Waals surface area contributed by atoms with Gasteiger partial charge in [-0.05, 0) is 49.1 Å². The van der Waals surface area contributed by atoms with Crippen LogP contribution in [0.5, 0.6) is 0 Å². The molecule has 0 aliphatic rings. The van der Waals surface area contributed by atoms with Crippen LogP contribution in [0.3, 0.4) is 0 Å². The third kappa shape index (κ3) is 3.43. The number of aromatic nitrogens is 2. The number of nitrogens with zero attached hydrogens (tertiary/aromatic N) is 1. The summed E-state index contributed by atoms with van der Waals surface area (Å²) in [7, 11) is 0. The van der Waals surface area contributed by atoms with E-state index >= 15 is 0 Å². The summed E-state index contributed by atoms with van der Waals surface area (Å²) in [6.07, 6.45) is 3.20. The summed E-state index contributed by atoms with van der Waals surface area (Å²) in [5.41, 5.74) is 6.44. The number of amides is 1.